The number of rotatable bonds is 5. The molecule has 1 aromatic heterocycles. The highest BCUT2D eigenvalue weighted by Crippen LogP contribution is 2.34. The summed E-state index contributed by atoms with van der Waals surface area (Å²) in [5, 5.41) is 7.33. The monoisotopic (exact) mass is 313 g/mol. The van der Waals surface area contributed by atoms with E-state index >= 15 is 0 Å². The molecule has 23 heavy (non-hydrogen) atoms. The number of ether oxygens (including phenoxy) is 1. The van der Waals surface area contributed by atoms with Gasteiger partial charge in [0.1, 0.15) is 6.10 Å². The first-order chi connectivity index (χ1) is 11.2. The van der Waals surface area contributed by atoms with E-state index in [1.165, 1.54) is 5.56 Å². The molecule has 1 saturated heterocycles. The average Bonchev–Trinajstić information content (AvgIpc) is 3.20. The van der Waals surface area contributed by atoms with Gasteiger partial charge in [-0.1, -0.05) is 29.8 Å². The normalized spacial score (nSPS) is 20.6. The molecule has 1 fully saturated rings. The van der Waals surface area contributed by atoms with E-state index in [2.05, 4.69) is 29.5 Å². The van der Waals surface area contributed by atoms with E-state index in [0.29, 0.717) is 13.2 Å². The summed E-state index contributed by atoms with van der Waals surface area (Å²) < 4.78 is 7.72. The minimum absolute atomic E-state index is 0.0536. The van der Waals surface area contributed by atoms with Crippen molar-refractivity contribution in [2.75, 3.05) is 6.61 Å². The lowest BCUT2D eigenvalue weighted by molar-refractivity contribution is -0.127. The Morgan fingerprint density at radius 3 is 3.09 bits per heavy atom. The molecule has 3 rings (SSSR count). The Morgan fingerprint density at radius 2 is 2.30 bits per heavy atom. The van der Waals surface area contributed by atoms with Crippen LogP contribution in [-0.2, 0) is 22.6 Å². The van der Waals surface area contributed by atoms with Gasteiger partial charge in [-0.25, -0.2) is 0 Å². The molecule has 1 amide bonds. The molecule has 2 atom stereocenters. The molecule has 0 spiro atoms. The third kappa shape index (κ3) is 3.45. The summed E-state index contributed by atoms with van der Waals surface area (Å²) >= 11 is 0. The lowest BCUT2D eigenvalue weighted by Crippen LogP contribution is -2.32. The number of amides is 1. The van der Waals surface area contributed by atoms with Crippen molar-refractivity contribution in [3.05, 3.63) is 53.3 Å². The van der Waals surface area contributed by atoms with Crippen LogP contribution in [0.15, 0.2) is 36.5 Å². The summed E-state index contributed by atoms with van der Waals surface area (Å²) in [6.45, 7) is 6.04. The van der Waals surface area contributed by atoms with Crippen LogP contribution in [0.3, 0.4) is 0 Å². The number of nitrogens with one attached hydrogen (secondary N) is 1. The van der Waals surface area contributed by atoms with Gasteiger partial charge < -0.3 is 10.1 Å². The molecule has 2 aromatic rings. The highest BCUT2D eigenvalue weighted by Gasteiger charge is 2.36. The number of hydrogen-bond donors (Lipinski definition) is 1. The van der Waals surface area contributed by atoms with Gasteiger partial charge in [-0.15, -0.1) is 0 Å². The second-order valence-corrected chi connectivity index (χ2v) is 5.97. The van der Waals surface area contributed by atoms with Gasteiger partial charge >= 0.3 is 0 Å². The minimum atomic E-state index is -0.199. The molecule has 0 aliphatic carbocycles. The molecule has 0 saturated carbocycles. The molecule has 1 aliphatic rings. The molecule has 2 heterocycles. The first kappa shape index (κ1) is 15.7. The van der Waals surface area contributed by atoms with Gasteiger partial charge in [-0.2, -0.15) is 5.10 Å². The Morgan fingerprint density at radius 1 is 1.43 bits per heavy atom. The Balaban J connectivity index is 1.66. The lowest BCUT2D eigenvalue weighted by Gasteiger charge is -2.19. The zero-order valence-corrected chi connectivity index (χ0v) is 13.7. The highest BCUT2D eigenvalue weighted by molar-refractivity contribution is 5.79. The Hall–Kier alpha value is -2.14. The first-order valence-electron chi connectivity index (χ1n) is 8.15. The summed E-state index contributed by atoms with van der Waals surface area (Å²) in [5.74, 6) is -0.0975. The van der Waals surface area contributed by atoms with Crippen molar-refractivity contribution in [3.63, 3.8) is 0 Å². The number of nitrogens with zero attached hydrogens (tertiary/aromatic N) is 2. The molecular formula is C18H23N3O2. The van der Waals surface area contributed by atoms with Crippen LogP contribution < -0.4 is 5.32 Å². The molecule has 5 nitrogen and oxygen atoms in total. The Bertz CT molecular complexity index is 680. The van der Waals surface area contributed by atoms with Crippen molar-refractivity contribution in [1.82, 2.24) is 15.1 Å². The first-order valence-corrected chi connectivity index (χ1v) is 8.15. The predicted molar refractivity (Wildman–Crippen MR) is 87.7 cm³/mol. The average molecular weight is 313 g/mol. The largest absolute Gasteiger partial charge is 0.371 e. The molecule has 1 aliphatic heterocycles. The van der Waals surface area contributed by atoms with Gasteiger partial charge in [0.15, 0.2) is 0 Å². The standard InChI is InChI=1S/C18H23N3O2/c1-3-21-16(7-9-20-21)17-15(8-10-23-17)18(22)19-12-14-6-4-5-13(2)11-14/h4-7,9,11,15,17H,3,8,10,12H2,1-2H3,(H,19,22)/t15-,17-/m1/s1. The smallest absolute Gasteiger partial charge is 0.226 e. The van der Waals surface area contributed by atoms with Crippen molar-refractivity contribution in [1.29, 1.82) is 0 Å². The van der Waals surface area contributed by atoms with Gasteiger partial charge in [0, 0.05) is 25.9 Å². The molecule has 0 bridgehead atoms. The summed E-state index contributed by atoms with van der Waals surface area (Å²) in [6, 6.07) is 10.1. The summed E-state index contributed by atoms with van der Waals surface area (Å²) in [4.78, 5) is 12.6. The van der Waals surface area contributed by atoms with Crippen molar-refractivity contribution >= 4 is 5.91 Å². The zero-order chi connectivity index (χ0) is 16.2. The quantitative estimate of drug-likeness (QED) is 0.923. The molecule has 0 unspecified atom stereocenters. The summed E-state index contributed by atoms with van der Waals surface area (Å²) in [7, 11) is 0. The van der Waals surface area contributed by atoms with Crippen LogP contribution in [0.2, 0.25) is 0 Å². The number of hydrogen-bond acceptors (Lipinski definition) is 3. The van der Waals surface area contributed by atoms with Gasteiger partial charge in [0.25, 0.3) is 0 Å². The number of aromatic nitrogens is 2. The lowest BCUT2D eigenvalue weighted by atomic mass is 9.97. The highest BCUT2D eigenvalue weighted by atomic mass is 16.5. The molecule has 5 heteroatoms. The van der Waals surface area contributed by atoms with E-state index < -0.39 is 0 Å². The van der Waals surface area contributed by atoms with E-state index in [9.17, 15) is 4.79 Å². The van der Waals surface area contributed by atoms with E-state index in [1.54, 1.807) is 6.20 Å². The maximum Gasteiger partial charge on any atom is 0.226 e. The third-order valence-corrected chi connectivity index (χ3v) is 4.32. The van der Waals surface area contributed by atoms with Crippen molar-refractivity contribution < 1.29 is 9.53 Å². The van der Waals surface area contributed by atoms with Gasteiger partial charge in [0.05, 0.1) is 11.6 Å². The number of benzene rings is 1. The molecule has 0 radical (unpaired) electrons. The molecule has 1 N–H and O–H groups in total. The van der Waals surface area contributed by atoms with Crippen molar-refractivity contribution in [2.45, 2.75) is 39.5 Å². The number of carbonyl (C=O) groups excluding carboxylic acids is 1. The summed E-state index contributed by atoms with van der Waals surface area (Å²) in [6.07, 6.45) is 2.32. The van der Waals surface area contributed by atoms with E-state index in [4.69, 9.17) is 4.74 Å². The zero-order valence-electron chi connectivity index (χ0n) is 13.7. The van der Waals surface area contributed by atoms with Crippen LogP contribution in [0.4, 0.5) is 0 Å². The van der Waals surface area contributed by atoms with E-state index in [1.807, 2.05) is 29.8 Å². The van der Waals surface area contributed by atoms with E-state index in [-0.39, 0.29) is 17.9 Å². The van der Waals surface area contributed by atoms with Crippen LogP contribution in [0.1, 0.15) is 36.3 Å². The van der Waals surface area contributed by atoms with Crippen LogP contribution >= 0.6 is 0 Å². The topological polar surface area (TPSA) is 56.2 Å². The molecule has 1 aromatic carbocycles. The van der Waals surface area contributed by atoms with Crippen molar-refractivity contribution in [2.24, 2.45) is 5.92 Å². The van der Waals surface area contributed by atoms with Crippen LogP contribution in [0, 0.1) is 12.8 Å². The molecule has 122 valence electrons. The fourth-order valence-electron chi connectivity index (χ4n) is 3.14. The maximum absolute atomic E-state index is 12.6. The maximum atomic E-state index is 12.6. The number of aryl methyl sites for hydroxylation is 2. The van der Waals surface area contributed by atoms with Crippen LogP contribution in [0.5, 0.6) is 0 Å². The SMILES string of the molecule is CCn1nccc1[C@@H]1OCC[C@H]1C(=O)NCc1cccc(C)c1. The summed E-state index contributed by atoms with van der Waals surface area (Å²) in [5.41, 5.74) is 3.30. The number of carbonyl (C=O) groups is 1. The van der Waals surface area contributed by atoms with Crippen LogP contribution in [0.25, 0.3) is 0 Å². The van der Waals surface area contributed by atoms with Crippen molar-refractivity contribution in [3.8, 4) is 0 Å². The Labute approximate surface area is 136 Å². The van der Waals surface area contributed by atoms with Crippen LogP contribution in [-0.4, -0.2) is 22.3 Å². The third-order valence-electron chi connectivity index (χ3n) is 4.32. The fourth-order valence-corrected chi connectivity index (χ4v) is 3.14. The minimum Gasteiger partial charge on any atom is -0.371 e. The van der Waals surface area contributed by atoms with Gasteiger partial charge in [0.2, 0.25) is 5.91 Å². The second-order valence-electron chi connectivity index (χ2n) is 5.97. The predicted octanol–water partition coefficient (Wildman–Crippen LogP) is 2.61. The molecular weight excluding hydrogens is 290 g/mol. The second kappa shape index (κ2) is 6.96. The van der Waals surface area contributed by atoms with E-state index in [0.717, 1.165) is 24.2 Å². The fraction of sp³-hybridized carbons (Fsp3) is 0.444. The Kier molecular flexibility index (Phi) is 4.76. The van der Waals surface area contributed by atoms with Gasteiger partial charge in [-0.05, 0) is 31.9 Å². The van der Waals surface area contributed by atoms with Gasteiger partial charge in [-0.3, -0.25) is 9.48 Å².